The zero-order valence-electron chi connectivity index (χ0n) is 20.7. The zero-order chi connectivity index (χ0) is 24.7. The summed E-state index contributed by atoms with van der Waals surface area (Å²) in [6.07, 6.45) is 0.879. The van der Waals surface area contributed by atoms with E-state index in [4.69, 9.17) is 0 Å². The molecule has 3 aromatic rings. The number of sulfonamides is 1. The average molecular weight is 483 g/mol. The number of aromatic nitrogens is 2. The molecule has 0 atom stereocenters. The maximum atomic E-state index is 13.5. The van der Waals surface area contributed by atoms with Crippen molar-refractivity contribution in [3.05, 3.63) is 58.9 Å². The van der Waals surface area contributed by atoms with Gasteiger partial charge in [0.15, 0.2) is 0 Å². The molecule has 8 heteroatoms. The number of fused-ring (bicyclic) bond motifs is 1. The maximum Gasteiger partial charge on any atom is 0.243 e. The third kappa shape index (κ3) is 4.88. The molecule has 0 saturated carbocycles. The van der Waals surface area contributed by atoms with Crippen LogP contribution in [0.25, 0.3) is 11.0 Å². The molecule has 0 spiro atoms. The van der Waals surface area contributed by atoms with Crippen molar-refractivity contribution in [2.45, 2.75) is 57.8 Å². The first-order chi connectivity index (χ1) is 16.0. The molecule has 1 amide bonds. The van der Waals surface area contributed by atoms with E-state index in [-0.39, 0.29) is 11.3 Å². The van der Waals surface area contributed by atoms with Crippen LogP contribution in [-0.2, 0) is 26.7 Å². The number of hydrogen-bond acceptors (Lipinski definition) is 4. The summed E-state index contributed by atoms with van der Waals surface area (Å²) >= 11 is 0. The fourth-order valence-electron chi connectivity index (χ4n) is 4.60. The average Bonchev–Trinajstić information content (AvgIpc) is 3.19. The van der Waals surface area contributed by atoms with Crippen molar-refractivity contribution in [2.75, 3.05) is 26.2 Å². The monoisotopic (exact) mass is 482 g/mol. The number of benzene rings is 2. The number of hydrogen-bond donors (Lipinski definition) is 1. The predicted molar refractivity (Wildman–Crippen MR) is 134 cm³/mol. The summed E-state index contributed by atoms with van der Waals surface area (Å²) in [7, 11) is -3.62. The molecule has 0 unspecified atom stereocenters. The van der Waals surface area contributed by atoms with Crippen LogP contribution in [0.2, 0.25) is 0 Å². The van der Waals surface area contributed by atoms with E-state index in [0.717, 1.165) is 33.5 Å². The van der Waals surface area contributed by atoms with Gasteiger partial charge < -0.3 is 9.88 Å². The number of carbonyl (C=O) groups excluding carboxylic acids is 1. The van der Waals surface area contributed by atoms with Crippen LogP contribution >= 0.6 is 0 Å². The molecular weight excluding hydrogens is 448 g/mol. The minimum atomic E-state index is -3.62. The highest BCUT2D eigenvalue weighted by atomic mass is 32.2. The molecule has 1 aliphatic rings. The first kappa shape index (κ1) is 24.4. The first-order valence-electron chi connectivity index (χ1n) is 11.8. The van der Waals surface area contributed by atoms with Crippen LogP contribution in [0.4, 0.5) is 0 Å². The molecule has 1 fully saturated rings. The van der Waals surface area contributed by atoms with E-state index >= 15 is 0 Å². The van der Waals surface area contributed by atoms with Crippen LogP contribution in [0.5, 0.6) is 0 Å². The van der Waals surface area contributed by atoms with E-state index in [0.29, 0.717) is 43.9 Å². The fourth-order valence-corrected chi connectivity index (χ4v) is 6.44. The van der Waals surface area contributed by atoms with Crippen LogP contribution in [-0.4, -0.2) is 59.7 Å². The fraction of sp³-hybridized carbons (Fsp3) is 0.462. The maximum absolute atomic E-state index is 13.5. The Balaban J connectivity index is 1.39. The van der Waals surface area contributed by atoms with E-state index in [1.165, 1.54) is 4.31 Å². The van der Waals surface area contributed by atoms with Crippen LogP contribution < -0.4 is 0 Å². The molecule has 7 nitrogen and oxygen atoms in total. The molecule has 1 N–H and O–H groups in total. The largest absolute Gasteiger partial charge is 0.342 e. The lowest BCUT2D eigenvalue weighted by Crippen LogP contribution is -2.50. The molecule has 1 aliphatic heterocycles. The van der Waals surface area contributed by atoms with Gasteiger partial charge in [0.2, 0.25) is 15.9 Å². The molecule has 0 radical (unpaired) electrons. The highest BCUT2D eigenvalue weighted by Gasteiger charge is 2.32. The van der Waals surface area contributed by atoms with Gasteiger partial charge in [-0.1, -0.05) is 45.0 Å². The third-order valence-electron chi connectivity index (χ3n) is 6.53. The number of amides is 1. The van der Waals surface area contributed by atoms with Gasteiger partial charge in [-0.2, -0.15) is 4.31 Å². The number of carbonyl (C=O) groups is 1. The number of aromatic amines is 1. The van der Waals surface area contributed by atoms with Gasteiger partial charge in [0, 0.05) is 39.0 Å². The Kier molecular flexibility index (Phi) is 6.57. The molecule has 2 heterocycles. The van der Waals surface area contributed by atoms with E-state index in [1.54, 1.807) is 4.90 Å². The topological polar surface area (TPSA) is 86.4 Å². The lowest BCUT2D eigenvalue weighted by Gasteiger charge is -2.35. The second-order valence-corrected chi connectivity index (χ2v) is 12.0. The minimum absolute atomic E-state index is 0.0272. The summed E-state index contributed by atoms with van der Waals surface area (Å²) in [6.45, 7) is 11.5. The quantitative estimate of drug-likeness (QED) is 0.597. The smallest absolute Gasteiger partial charge is 0.243 e. The SMILES string of the molecule is Cc1cc(C(C)(C)C)cc(C)c1S(=O)(=O)N1CCN(C(=O)CCc2nc3ccccc3[nH]2)CC1. The van der Waals surface area contributed by atoms with Gasteiger partial charge in [0.25, 0.3) is 0 Å². The Labute approximate surface area is 202 Å². The van der Waals surface area contributed by atoms with Crippen molar-refractivity contribution in [1.29, 1.82) is 0 Å². The lowest BCUT2D eigenvalue weighted by molar-refractivity contribution is -0.132. The Hall–Kier alpha value is -2.71. The molecule has 0 aliphatic carbocycles. The summed E-state index contributed by atoms with van der Waals surface area (Å²) < 4.78 is 28.5. The molecule has 182 valence electrons. The summed E-state index contributed by atoms with van der Waals surface area (Å²) in [5, 5.41) is 0. The number of imidazole rings is 1. The van der Waals surface area contributed by atoms with Gasteiger partial charge in [0.1, 0.15) is 5.82 Å². The Bertz CT molecular complexity index is 1260. The number of aryl methyl sites for hydroxylation is 3. The van der Waals surface area contributed by atoms with Crippen LogP contribution in [0.3, 0.4) is 0 Å². The highest BCUT2D eigenvalue weighted by Crippen LogP contribution is 2.31. The number of piperazine rings is 1. The van der Waals surface area contributed by atoms with Crippen molar-refractivity contribution in [1.82, 2.24) is 19.2 Å². The van der Waals surface area contributed by atoms with Gasteiger partial charge in [-0.25, -0.2) is 13.4 Å². The normalized spacial score (nSPS) is 15.7. The number of nitrogens with zero attached hydrogens (tertiary/aromatic N) is 3. The predicted octanol–water partition coefficient (Wildman–Crippen LogP) is 3.94. The standard InChI is InChI=1S/C26H34N4O3S/c1-18-16-20(26(3,4)5)17-19(2)25(18)34(32,33)30-14-12-29(13-15-30)24(31)11-10-23-27-21-8-6-7-9-22(21)28-23/h6-9,16-17H,10-15H2,1-5H3,(H,27,28). The van der Waals surface area contributed by atoms with Crippen molar-refractivity contribution < 1.29 is 13.2 Å². The Morgan fingerprint density at radius 3 is 2.24 bits per heavy atom. The molecule has 1 aromatic heterocycles. The van der Waals surface area contributed by atoms with Gasteiger partial charge in [-0.05, 0) is 48.1 Å². The molecule has 0 bridgehead atoms. The zero-order valence-corrected chi connectivity index (χ0v) is 21.5. The molecule has 4 rings (SSSR count). The molecular formula is C26H34N4O3S. The number of rotatable bonds is 5. The van der Waals surface area contributed by atoms with E-state index < -0.39 is 10.0 Å². The van der Waals surface area contributed by atoms with Crippen molar-refractivity contribution in [2.24, 2.45) is 0 Å². The highest BCUT2D eigenvalue weighted by molar-refractivity contribution is 7.89. The van der Waals surface area contributed by atoms with E-state index in [9.17, 15) is 13.2 Å². The van der Waals surface area contributed by atoms with E-state index in [1.807, 2.05) is 50.2 Å². The second kappa shape index (κ2) is 9.15. The summed E-state index contributed by atoms with van der Waals surface area (Å²) in [5.41, 5.74) is 4.48. The second-order valence-electron chi connectivity index (χ2n) is 10.2. The van der Waals surface area contributed by atoms with E-state index in [2.05, 4.69) is 30.7 Å². The van der Waals surface area contributed by atoms with Gasteiger partial charge in [-0.15, -0.1) is 0 Å². The number of nitrogens with one attached hydrogen (secondary N) is 1. The van der Waals surface area contributed by atoms with Crippen LogP contribution in [0.15, 0.2) is 41.3 Å². The van der Waals surface area contributed by atoms with Gasteiger partial charge >= 0.3 is 0 Å². The molecule has 2 aromatic carbocycles. The molecule has 34 heavy (non-hydrogen) atoms. The van der Waals surface area contributed by atoms with Crippen molar-refractivity contribution in [3.8, 4) is 0 Å². The summed E-state index contributed by atoms with van der Waals surface area (Å²) in [5.74, 6) is 0.819. The molecule has 1 saturated heterocycles. The lowest BCUT2D eigenvalue weighted by atomic mass is 9.85. The third-order valence-corrected chi connectivity index (χ3v) is 8.73. The van der Waals surface area contributed by atoms with Gasteiger partial charge in [-0.3, -0.25) is 4.79 Å². The number of para-hydroxylation sites is 2. The van der Waals surface area contributed by atoms with Crippen molar-refractivity contribution in [3.63, 3.8) is 0 Å². The van der Waals surface area contributed by atoms with Crippen molar-refractivity contribution >= 4 is 27.0 Å². The first-order valence-corrected chi connectivity index (χ1v) is 13.2. The van der Waals surface area contributed by atoms with Gasteiger partial charge in [0.05, 0.1) is 15.9 Å². The van der Waals surface area contributed by atoms with Crippen LogP contribution in [0, 0.1) is 13.8 Å². The van der Waals surface area contributed by atoms with Crippen LogP contribution in [0.1, 0.15) is 49.7 Å². The summed E-state index contributed by atoms with van der Waals surface area (Å²) in [6, 6.07) is 11.8. The number of H-pyrrole nitrogens is 1. The Morgan fingerprint density at radius 2 is 1.65 bits per heavy atom. The Morgan fingerprint density at radius 1 is 1.03 bits per heavy atom. The minimum Gasteiger partial charge on any atom is -0.342 e. The summed E-state index contributed by atoms with van der Waals surface area (Å²) in [4.78, 5) is 22.7.